The molecule has 0 aliphatic carbocycles. The van der Waals surface area contributed by atoms with Crippen LogP contribution < -0.4 is 0 Å². The van der Waals surface area contributed by atoms with Gasteiger partial charge in [0.15, 0.2) is 0 Å². The van der Waals surface area contributed by atoms with Crippen molar-refractivity contribution in [3.8, 4) is 0 Å². The summed E-state index contributed by atoms with van der Waals surface area (Å²) in [5, 5.41) is 0. The van der Waals surface area contributed by atoms with Crippen LogP contribution in [0.15, 0.2) is 36.8 Å². The van der Waals surface area contributed by atoms with Crippen LogP contribution in [0, 0.1) is 12.7 Å². The second-order valence-electron chi connectivity index (χ2n) is 5.64. The van der Waals surface area contributed by atoms with Gasteiger partial charge in [-0.1, -0.05) is 6.07 Å². The Kier molecular flexibility index (Phi) is 4.50. The molecule has 0 bridgehead atoms. The molecule has 2 heterocycles. The number of carbonyl (C=O) groups is 2. The van der Waals surface area contributed by atoms with Crippen molar-refractivity contribution in [2.45, 2.75) is 6.92 Å². The fraction of sp³-hybridized carbons (Fsp3) is 0.294. The molecule has 6 nitrogen and oxygen atoms in total. The van der Waals surface area contributed by atoms with Gasteiger partial charge in [-0.25, -0.2) is 9.37 Å². The highest BCUT2D eigenvalue weighted by Gasteiger charge is 2.26. The van der Waals surface area contributed by atoms with Gasteiger partial charge in [0.25, 0.3) is 11.8 Å². The summed E-state index contributed by atoms with van der Waals surface area (Å²) in [5.74, 6) is -0.811. The first kappa shape index (κ1) is 16.0. The number of benzene rings is 1. The normalized spacial score (nSPS) is 14.6. The zero-order chi connectivity index (χ0) is 17.1. The van der Waals surface area contributed by atoms with E-state index < -0.39 is 5.82 Å². The van der Waals surface area contributed by atoms with Gasteiger partial charge in [-0.3, -0.25) is 14.6 Å². The molecule has 3 rings (SSSR count). The van der Waals surface area contributed by atoms with Crippen LogP contribution in [-0.2, 0) is 0 Å². The zero-order valence-corrected chi connectivity index (χ0v) is 13.3. The van der Waals surface area contributed by atoms with Crippen LogP contribution in [0.3, 0.4) is 0 Å². The summed E-state index contributed by atoms with van der Waals surface area (Å²) in [6.45, 7) is 3.28. The molecule has 1 fully saturated rings. The zero-order valence-electron chi connectivity index (χ0n) is 13.3. The van der Waals surface area contributed by atoms with Gasteiger partial charge >= 0.3 is 0 Å². The SMILES string of the molecule is Cc1ccc(C(=O)N2CCN(C(=O)c3cnccn3)CC2)cc1F. The average molecular weight is 328 g/mol. The van der Waals surface area contributed by atoms with Crippen LogP contribution in [-0.4, -0.2) is 57.8 Å². The van der Waals surface area contributed by atoms with Crippen LogP contribution in [0.1, 0.15) is 26.4 Å². The number of hydrogen-bond donors (Lipinski definition) is 0. The maximum Gasteiger partial charge on any atom is 0.274 e. The number of halogens is 1. The maximum absolute atomic E-state index is 13.6. The van der Waals surface area contributed by atoms with E-state index in [0.29, 0.717) is 37.3 Å². The molecule has 24 heavy (non-hydrogen) atoms. The lowest BCUT2D eigenvalue weighted by atomic mass is 10.1. The van der Waals surface area contributed by atoms with E-state index in [9.17, 15) is 14.0 Å². The number of carbonyl (C=O) groups excluding carboxylic acids is 2. The summed E-state index contributed by atoms with van der Waals surface area (Å²) in [6.07, 6.45) is 4.40. The minimum absolute atomic E-state index is 0.198. The molecule has 1 aliphatic heterocycles. The quantitative estimate of drug-likeness (QED) is 0.838. The number of piperazine rings is 1. The molecule has 1 aromatic carbocycles. The van der Waals surface area contributed by atoms with Crippen molar-refractivity contribution in [1.82, 2.24) is 19.8 Å². The van der Waals surface area contributed by atoms with Crippen LogP contribution in [0.5, 0.6) is 0 Å². The number of amides is 2. The van der Waals surface area contributed by atoms with E-state index in [4.69, 9.17) is 0 Å². The first-order chi connectivity index (χ1) is 11.6. The fourth-order valence-electron chi connectivity index (χ4n) is 2.59. The Balaban J connectivity index is 1.63. The first-order valence-corrected chi connectivity index (χ1v) is 7.67. The van der Waals surface area contributed by atoms with E-state index in [0.717, 1.165) is 0 Å². The van der Waals surface area contributed by atoms with E-state index in [2.05, 4.69) is 9.97 Å². The molecule has 2 aromatic rings. The fourth-order valence-corrected chi connectivity index (χ4v) is 2.59. The molecule has 2 amide bonds. The molecule has 0 saturated carbocycles. The smallest absolute Gasteiger partial charge is 0.274 e. The molecular formula is C17H17FN4O2. The van der Waals surface area contributed by atoms with Crippen LogP contribution in [0.25, 0.3) is 0 Å². The molecule has 0 N–H and O–H groups in total. The summed E-state index contributed by atoms with van der Waals surface area (Å²) < 4.78 is 13.6. The lowest BCUT2D eigenvalue weighted by Gasteiger charge is -2.34. The van der Waals surface area contributed by atoms with E-state index >= 15 is 0 Å². The number of rotatable bonds is 2. The van der Waals surface area contributed by atoms with Crippen LogP contribution >= 0.6 is 0 Å². The Hall–Kier alpha value is -2.83. The van der Waals surface area contributed by atoms with Crippen LogP contribution in [0.4, 0.5) is 4.39 Å². The summed E-state index contributed by atoms with van der Waals surface area (Å²) in [4.78, 5) is 35.9. The van der Waals surface area contributed by atoms with Gasteiger partial charge in [-0.05, 0) is 24.6 Å². The second kappa shape index (κ2) is 6.74. The molecular weight excluding hydrogens is 311 g/mol. The summed E-state index contributed by atoms with van der Waals surface area (Å²) >= 11 is 0. The van der Waals surface area contributed by atoms with E-state index in [1.807, 2.05) is 0 Å². The monoisotopic (exact) mass is 328 g/mol. The van der Waals surface area contributed by atoms with Crippen molar-refractivity contribution in [3.63, 3.8) is 0 Å². The molecule has 0 spiro atoms. The number of aromatic nitrogens is 2. The minimum atomic E-state index is -0.391. The summed E-state index contributed by atoms with van der Waals surface area (Å²) in [7, 11) is 0. The van der Waals surface area contributed by atoms with Crippen molar-refractivity contribution >= 4 is 11.8 Å². The van der Waals surface area contributed by atoms with E-state index in [1.165, 1.54) is 24.7 Å². The van der Waals surface area contributed by atoms with E-state index in [1.54, 1.807) is 28.9 Å². The minimum Gasteiger partial charge on any atom is -0.335 e. The van der Waals surface area contributed by atoms with Gasteiger partial charge in [0.05, 0.1) is 6.20 Å². The molecule has 1 saturated heterocycles. The van der Waals surface area contributed by atoms with Crippen molar-refractivity contribution in [2.75, 3.05) is 26.2 Å². The number of aryl methyl sites for hydroxylation is 1. The standard InChI is InChI=1S/C17H17FN4O2/c1-12-2-3-13(10-14(12)18)16(23)21-6-8-22(9-7-21)17(24)15-11-19-4-5-20-15/h2-5,10-11H,6-9H2,1H3. The van der Waals surface area contributed by atoms with Crippen molar-refractivity contribution in [1.29, 1.82) is 0 Å². The Labute approximate surface area is 138 Å². The van der Waals surface area contributed by atoms with Gasteiger partial charge < -0.3 is 9.80 Å². The molecule has 1 aromatic heterocycles. The Morgan fingerprint density at radius 2 is 1.71 bits per heavy atom. The molecule has 0 unspecified atom stereocenters. The number of nitrogens with zero attached hydrogens (tertiary/aromatic N) is 4. The number of hydrogen-bond acceptors (Lipinski definition) is 4. The average Bonchev–Trinajstić information content (AvgIpc) is 2.63. The van der Waals surface area contributed by atoms with Crippen molar-refractivity contribution in [2.24, 2.45) is 0 Å². The van der Waals surface area contributed by atoms with Crippen molar-refractivity contribution in [3.05, 3.63) is 59.4 Å². The lowest BCUT2D eigenvalue weighted by molar-refractivity contribution is 0.0532. The van der Waals surface area contributed by atoms with Gasteiger partial charge in [-0.2, -0.15) is 0 Å². The van der Waals surface area contributed by atoms with Crippen LogP contribution in [0.2, 0.25) is 0 Å². The molecule has 7 heteroatoms. The maximum atomic E-state index is 13.6. The highest BCUT2D eigenvalue weighted by atomic mass is 19.1. The molecule has 0 atom stereocenters. The third kappa shape index (κ3) is 3.24. The van der Waals surface area contributed by atoms with Gasteiger partial charge in [0.2, 0.25) is 0 Å². The summed E-state index contributed by atoms with van der Waals surface area (Å²) in [6, 6.07) is 4.48. The van der Waals surface area contributed by atoms with Gasteiger partial charge in [-0.15, -0.1) is 0 Å². The third-order valence-corrected chi connectivity index (χ3v) is 4.06. The Bertz CT molecular complexity index is 758. The second-order valence-corrected chi connectivity index (χ2v) is 5.64. The first-order valence-electron chi connectivity index (χ1n) is 7.67. The predicted molar refractivity (Wildman–Crippen MR) is 85.0 cm³/mol. The highest BCUT2D eigenvalue weighted by Crippen LogP contribution is 2.14. The van der Waals surface area contributed by atoms with E-state index in [-0.39, 0.29) is 17.5 Å². The molecule has 124 valence electrons. The topological polar surface area (TPSA) is 66.4 Å². The lowest BCUT2D eigenvalue weighted by Crippen LogP contribution is -2.50. The highest BCUT2D eigenvalue weighted by molar-refractivity contribution is 5.95. The summed E-state index contributed by atoms with van der Waals surface area (Å²) in [5.41, 5.74) is 1.12. The molecule has 0 radical (unpaired) electrons. The largest absolute Gasteiger partial charge is 0.335 e. The molecule has 1 aliphatic rings. The van der Waals surface area contributed by atoms with Gasteiger partial charge in [0, 0.05) is 44.1 Å². The van der Waals surface area contributed by atoms with Crippen molar-refractivity contribution < 1.29 is 14.0 Å². The third-order valence-electron chi connectivity index (χ3n) is 4.06. The van der Waals surface area contributed by atoms with Gasteiger partial charge in [0.1, 0.15) is 11.5 Å². The predicted octanol–water partition coefficient (Wildman–Crippen LogP) is 1.52. The Morgan fingerprint density at radius 3 is 2.29 bits per heavy atom. The Morgan fingerprint density at radius 1 is 1.04 bits per heavy atom.